The molecule has 0 N–H and O–H groups in total. The molecule has 2 aliphatic heterocycles. The van der Waals surface area contributed by atoms with Gasteiger partial charge in [-0.3, -0.25) is 4.99 Å². The second kappa shape index (κ2) is 38.2. The minimum atomic E-state index is -4.33. The highest BCUT2D eigenvalue weighted by molar-refractivity contribution is 7.18. The Bertz CT molecular complexity index is 5750. The van der Waals surface area contributed by atoms with Gasteiger partial charge in [-0.2, -0.15) is 13.2 Å². The predicted octanol–water partition coefficient (Wildman–Crippen LogP) is 30.5. The zero-order chi connectivity index (χ0) is 85.0. The van der Waals surface area contributed by atoms with Crippen molar-refractivity contribution in [3.05, 3.63) is 266 Å². The van der Waals surface area contributed by atoms with Crippen LogP contribution in [0.25, 0.3) is 74.2 Å². The Morgan fingerprint density at radius 2 is 0.983 bits per heavy atom. The maximum absolute atomic E-state index is 12.6. The van der Waals surface area contributed by atoms with Crippen molar-refractivity contribution in [1.82, 2.24) is 34.9 Å². The first-order chi connectivity index (χ1) is 55.1. The lowest BCUT2D eigenvalue weighted by atomic mass is 9.85. The van der Waals surface area contributed by atoms with Crippen LogP contribution < -0.4 is 0 Å². The van der Waals surface area contributed by atoms with Crippen molar-refractivity contribution in [2.45, 2.75) is 229 Å². The van der Waals surface area contributed by atoms with E-state index in [9.17, 15) is 13.2 Å². The van der Waals surface area contributed by atoms with Gasteiger partial charge in [0.25, 0.3) is 0 Å². The van der Waals surface area contributed by atoms with Gasteiger partial charge >= 0.3 is 6.18 Å². The first-order valence-electron chi connectivity index (χ1n) is 39.9. The molecule has 0 saturated heterocycles. The fourth-order valence-electron chi connectivity index (χ4n) is 12.6. The second-order valence-corrected chi connectivity index (χ2v) is 39.2. The molecule has 7 aromatic heterocycles. The highest BCUT2D eigenvalue weighted by Crippen LogP contribution is 2.41. The number of hydrogen-bond acceptors (Lipinski definition) is 16. The van der Waals surface area contributed by atoms with Crippen LogP contribution in [-0.4, -0.2) is 53.0 Å². The number of hydrogen-bond donors (Lipinski definition) is 0. The van der Waals surface area contributed by atoms with Crippen LogP contribution in [0.4, 0.5) is 24.5 Å². The van der Waals surface area contributed by atoms with E-state index in [1.54, 1.807) is 57.5 Å². The monoisotopic (exact) mass is 1650 g/mol. The molecule has 9 heterocycles. The number of oxazole rings is 3. The van der Waals surface area contributed by atoms with Crippen molar-refractivity contribution in [1.29, 1.82) is 0 Å². The van der Waals surface area contributed by atoms with Crippen molar-refractivity contribution < 1.29 is 26.4 Å². The molecule has 117 heavy (non-hydrogen) atoms. The average Bonchev–Trinajstić information content (AvgIpc) is 1.63. The molecule has 0 bridgehead atoms. The smallest absolute Gasteiger partial charge is 0.429 e. The number of alkyl halides is 3. The summed E-state index contributed by atoms with van der Waals surface area (Å²) in [5, 5.41) is 1.23. The van der Waals surface area contributed by atoms with E-state index in [0.717, 1.165) is 73.4 Å². The lowest BCUT2D eigenvalue weighted by Gasteiger charge is -2.21. The molecule has 12 nitrogen and oxygen atoms in total. The van der Waals surface area contributed by atoms with E-state index in [1.165, 1.54) is 81.1 Å². The first kappa shape index (κ1) is 89.4. The van der Waals surface area contributed by atoms with E-state index in [-0.39, 0.29) is 33.5 Å². The van der Waals surface area contributed by atoms with Gasteiger partial charge in [0, 0.05) is 30.9 Å². The molecule has 9 aromatic carbocycles. The number of fused-ring (bicyclic) bond motifs is 9. The van der Waals surface area contributed by atoms with E-state index >= 15 is 0 Å². The molecule has 0 saturated carbocycles. The summed E-state index contributed by atoms with van der Waals surface area (Å²) in [4.78, 5) is 38.2. The maximum atomic E-state index is 12.6. The van der Waals surface area contributed by atoms with E-state index in [0.29, 0.717) is 34.9 Å². The standard InChI is InChI=1S/C13H14F3N.C12H15N.C11H13NO.2C11H13NS.2C10H11NO.2C10H11NS/c1-12(2,3)9-6-4-5-8-7-10(13(14,15)16)17-11(8)9;1-12(2,3)10-5-4-9-6-7-13-11(9)8-10;1-11(2,3)8-4-5-9-10(6-8)13-7-12-9;1-11(2,3)8-4-5-10-9(6-8)12-7-13-10;1-11(2,3)8-5-4-6-9-10(8)13-7-12-9;1-7(2)8-3-4-10-9(5-8)11-6-12-10;1-7(2)10-11-8-5-3-4-6-9(8)12-10;1-7(2)8-4-3-5-9-10(8)11-6-12-9;1-7(2)10-11-8-5-3-4-6-9(8)12-10/h4-6H,7H2,1-3H3;4-5,7-8H,6H2,1-3H3;3*4-7H,1-3H3;4*3-7H,1-2H3. The molecule has 16 aromatic rings. The number of thiazole rings is 4. The fraction of sp³-hybridized carbons (Fsp3) is 0.357. The Hall–Kier alpha value is -9.92. The molecule has 0 unspecified atom stereocenters. The lowest BCUT2D eigenvalue weighted by molar-refractivity contribution is -0.0597. The predicted molar refractivity (Wildman–Crippen MR) is 492 cm³/mol. The van der Waals surface area contributed by atoms with Crippen LogP contribution in [0, 0.1) is 0 Å². The molecule has 2 aliphatic rings. The summed E-state index contributed by atoms with van der Waals surface area (Å²) < 4.78 is 59.0. The summed E-state index contributed by atoms with van der Waals surface area (Å²) >= 11 is 6.93. The van der Waals surface area contributed by atoms with Gasteiger partial charge in [0.15, 0.2) is 35.4 Å². The zero-order valence-corrected chi connectivity index (χ0v) is 75.2. The van der Waals surface area contributed by atoms with Gasteiger partial charge in [-0.25, -0.2) is 39.9 Å². The van der Waals surface area contributed by atoms with Gasteiger partial charge in [0.05, 0.1) is 73.8 Å². The molecule has 0 spiro atoms. The maximum Gasteiger partial charge on any atom is 0.429 e. The van der Waals surface area contributed by atoms with Gasteiger partial charge in [-0.05, 0) is 168 Å². The Kier molecular flexibility index (Phi) is 29.2. The number of halogens is 3. The fourth-order valence-corrected chi connectivity index (χ4v) is 15.9. The summed E-state index contributed by atoms with van der Waals surface area (Å²) in [6, 6.07) is 59.7. The Labute approximate surface area is 704 Å². The van der Waals surface area contributed by atoms with Gasteiger partial charge in [-0.15, -0.1) is 45.3 Å². The zero-order valence-electron chi connectivity index (χ0n) is 71.9. The van der Waals surface area contributed by atoms with Gasteiger partial charge in [0.1, 0.15) is 22.3 Å². The molecule has 612 valence electrons. The Morgan fingerprint density at radius 1 is 0.402 bits per heavy atom. The summed E-state index contributed by atoms with van der Waals surface area (Å²) in [7, 11) is 0. The van der Waals surface area contributed by atoms with Crippen LogP contribution in [0.15, 0.2) is 228 Å². The van der Waals surface area contributed by atoms with Crippen LogP contribution in [-0.2, 0) is 39.9 Å². The van der Waals surface area contributed by atoms with Crippen molar-refractivity contribution in [2.24, 2.45) is 9.98 Å². The minimum absolute atomic E-state index is 0.108. The van der Waals surface area contributed by atoms with Crippen molar-refractivity contribution in [3.8, 4) is 0 Å². The van der Waals surface area contributed by atoms with Crippen molar-refractivity contribution in [3.63, 3.8) is 0 Å². The van der Waals surface area contributed by atoms with Crippen molar-refractivity contribution >= 4 is 143 Å². The van der Waals surface area contributed by atoms with Gasteiger partial charge < -0.3 is 13.3 Å². The van der Waals surface area contributed by atoms with Crippen LogP contribution in [0.3, 0.4) is 0 Å². The van der Waals surface area contributed by atoms with Crippen molar-refractivity contribution in [2.75, 3.05) is 0 Å². The molecule has 0 radical (unpaired) electrons. The normalized spacial score (nSPS) is 12.6. The summed E-state index contributed by atoms with van der Waals surface area (Å²) in [6.45, 7) is 49.8. The van der Waals surface area contributed by atoms with E-state index in [2.05, 4.69) is 299 Å². The Balaban J connectivity index is 0.000000139. The molecule has 0 aliphatic carbocycles. The number of aliphatic imine (C=N–C) groups is 2. The molecule has 0 atom stereocenters. The van der Waals surface area contributed by atoms with Crippen LogP contribution in [0.1, 0.15) is 244 Å². The van der Waals surface area contributed by atoms with Crippen LogP contribution >= 0.6 is 45.3 Å². The highest BCUT2D eigenvalue weighted by atomic mass is 32.1. The molecular formula is C98H112F3N9O3S4. The number of benzene rings is 9. The van der Waals surface area contributed by atoms with E-state index < -0.39 is 11.9 Å². The minimum Gasteiger partial charge on any atom is -0.443 e. The largest absolute Gasteiger partial charge is 0.443 e. The summed E-state index contributed by atoms with van der Waals surface area (Å²) in [6.07, 6.45) is 1.51. The molecule has 18 rings (SSSR count). The molecule has 0 amide bonds. The quantitative estimate of drug-likeness (QED) is 0.166. The molecule has 0 fully saturated rings. The van der Waals surface area contributed by atoms with E-state index in [1.807, 2.05) is 92.0 Å². The van der Waals surface area contributed by atoms with Gasteiger partial charge in [-0.1, -0.05) is 256 Å². The van der Waals surface area contributed by atoms with Crippen LogP contribution in [0.5, 0.6) is 0 Å². The van der Waals surface area contributed by atoms with Gasteiger partial charge in [0.2, 0.25) is 0 Å². The Morgan fingerprint density at radius 3 is 1.64 bits per heavy atom. The number of rotatable bonds is 4. The third-order valence-electron chi connectivity index (χ3n) is 19.6. The summed E-state index contributed by atoms with van der Waals surface area (Å²) in [5.74, 6) is 2.83. The third kappa shape index (κ3) is 24.2. The third-order valence-corrected chi connectivity index (χ3v) is 23.4. The SMILES string of the molecule is CC(C)(C)c1ccc2c(c1)N=CC2.CC(C)(C)c1ccc2ncoc2c1.CC(C)(C)c1ccc2scnc2c1.CC(C)(C)c1cccc2c1N=C(C(F)(F)F)C2.CC(C)(C)c1cccc2ncsc12.CC(C)c1ccc2ocnc2c1.CC(C)c1cccc2scnc12.CC(C)c1nc2ccccc2o1.CC(C)c1nc2ccccc2s1. The average molecular weight is 1650 g/mol. The van der Waals surface area contributed by atoms with E-state index in [4.69, 9.17) is 13.3 Å². The number of aromatic nitrogens is 7. The number of para-hydroxylation sites is 5. The first-order valence-corrected chi connectivity index (χ1v) is 43.4. The molecule has 19 heteroatoms. The second-order valence-electron chi connectivity index (χ2n) is 35.5. The lowest BCUT2D eigenvalue weighted by Crippen LogP contribution is -2.22. The topological polar surface area (TPSA) is 154 Å². The summed E-state index contributed by atoms with van der Waals surface area (Å²) in [5.41, 5.74) is 28.3. The number of nitrogens with zero attached hydrogens (tertiary/aromatic N) is 9. The van der Waals surface area contributed by atoms with Crippen LogP contribution in [0.2, 0.25) is 0 Å². The molecular weight excluding hydrogens is 1540 g/mol. The highest BCUT2D eigenvalue weighted by Gasteiger charge is 2.40.